The van der Waals surface area contributed by atoms with Crippen LogP contribution in [0.25, 0.3) is 0 Å². The Balaban J connectivity index is 2.22. The fraction of sp³-hybridized carbons (Fsp3) is 0.600. The summed E-state index contributed by atoms with van der Waals surface area (Å²) in [7, 11) is 1.22. The van der Waals surface area contributed by atoms with Crippen LogP contribution in [0.1, 0.15) is 6.42 Å². The van der Waals surface area contributed by atoms with Crippen LogP contribution in [0.2, 0.25) is 0 Å². The van der Waals surface area contributed by atoms with Crippen molar-refractivity contribution in [3.8, 4) is 0 Å². The van der Waals surface area contributed by atoms with Gasteiger partial charge in [-0.05, 0) is 17.9 Å². The van der Waals surface area contributed by atoms with Gasteiger partial charge in [-0.2, -0.15) is 0 Å². The van der Waals surface area contributed by atoms with Crippen LogP contribution in [-0.4, -0.2) is 6.16 Å². The number of hydrogen-bond donors (Lipinski definition) is 0. The Morgan fingerprint density at radius 3 is 3.00 bits per heavy atom. The zero-order chi connectivity index (χ0) is 3.98. The van der Waals surface area contributed by atoms with E-state index in [9.17, 15) is 0 Å². The lowest BCUT2D eigenvalue weighted by molar-refractivity contribution is 0.893. The van der Waals surface area contributed by atoms with Crippen LogP contribution in [0.3, 0.4) is 0 Å². The first-order valence-electron chi connectivity index (χ1n) is 2.42. The van der Waals surface area contributed by atoms with Gasteiger partial charge in [0.05, 0.1) is 0 Å². The Kier molecular flexibility index (Phi) is 0.465. The summed E-state index contributed by atoms with van der Waals surface area (Å²) >= 11 is 0. The van der Waals surface area contributed by atoms with E-state index in [1.165, 1.54) is 21.2 Å². The van der Waals surface area contributed by atoms with Crippen LogP contribution < -0.4 is 0 Å². The van der Waals surface area contributed by atoms with E-state index in [4.69, 9.17) is 0 Å². The van der Waals surface area contributed by atoms with Crippen molar-refractivity contribution in [1.82, 2.24) is 0 Å². The molecule has 0 N–H and O–H groups in total. The third kappa shape index (κ3) is 0.283. The van der Waals surface area contributed by atoms with E-state index in [0.29, 0.717) is 0 Å². The Hall–Kier alpha value is 0.170. The summed E-state index contributed by atoms with van der Waals surface area (Å²) in [5, 5.41) is 1.77. The molecule has 0 aromatic heterocycles. The molecule has 1 fully saturated rings. The molecule has 0 spiro atoms. The molecule has 0 nitrogen and oxygen atoms in total. The first-order chi connectivity index (χ1) is 2.97. The molecule has 6 heavy (non-hydrogen) atoms. The van der Waals surface area contributed by atoms with Crippen molar-refractivity contribution in [3.05, 3.63) is 11.4 Å². The highest BCUT2D eigenvalue weighted by Gasteiger charge is 2.28. The van der Waals surface area contributed by atoms with Gasteiger partial charge >= 0.3 is 0 Å². The predicted molar refractivity (Wildman–Crippen MR) is 29.4 cm³/mol. The van der Waals surface area contributed by atoms with E-state index in [2.05, 4.69) is 6.08 Å². The Morgan fingerprint density at radius 2 is 2.83 bits per heavy atom. The molecule has 0 saturated carbocycles. The van der Waals surface area contributed by atoms with Crippen LogP contribution in [0.15, 0.2) is 11.4 Å². The maximum atomic E-state index is 2.40. The molecule has 0 amide bonds. The maximum Gasteiger partial charge on any atom is 0.00265 e. The minimum atomic E-state index is 1.02. The molecule has 0 bridgehead atoms. The first-order valence-corrected chi connectivity index (χ1v) is 3.63. The second kappa shape index (κ2) is 0.869. The highest BCUT2D eigenvalue weighted by molar-refractivity contribution is 7.44. The van der Waals surface area contributed by atoms with Crippen LogP contribution in [0.5, 0.6) is 0 Å². The van der Waals surface area contributed by atoms with Crippen LogP contribution in [-0.2, 0) is 0 Å². The molecule has 32 valence electrons. The second-order valence-corrected chi connectivity index (χ2v) is 3.37. The van der Waals surface area contributed by atoms with Gasteiger partial charge in [-0.15, -0.1) is 0 Å². The normalized spacial score (nSPS) is 42.7. The van der Waals surface area contributed by atoms with Crippen LogP contribution in [0.4, 0.5) is 0 Å². The van der Waals surface area contributed by atoms with E-state index in [0.717, 1.165) is 5.92 Å². The molecule has 1 heterocycles. The Morgan fingerprint density at radius 1 is 1.83 bits per heavy atom. The quantitative estimate of drug-likeness (QED) is 0.403. The summed E-state index contributed by atoms with van der Waals surface area (Å²) in [6.45, 7) is 0. The van der Waals surface area contributed by atoms with E-state index in [1.807, 2.05) is 0 Å². The summed E-state index contributed by atoms with van der Waals surface area (Å²) in [6.07, 6.45) is 5.38. The largest absolute Gasteiger partial charge is 0.0945 e. The van der Waals surface area contributed by atoms with Gasteiger partial charge in [0.25, 0.3) is 0 Å². The van der Waals surface area contributed by atoms with Crippen LogP contribution >= 0.6 is 8.58 Å². The molecule has 0 aromatic carbocycles. The minimum Gasteiger partial charge on any atom is -0.0945 e. The summed E-state index contributed by atoms with van der Waals surface area (Å²) in [6, 6.07) is 0. The van der Waals surface area contributed by atoms with Gasteiger partial charge in [0.1, 0.15) is 0 Å². The van der Waals surface area contributed by atoms with Crippen molar-refractivity contribution in [1.29, 1.82) is 0 Å². The molecular weight excluding hydrogens is 91.0 g/mol. The van der Waals surface area contributed by atoms with Gasteiger partial charge < -0.3 is 0 Å². The lowest BCUT2D eigenvalue weighted by Crippen LogP contribution is -1.69. The van der Waals surface area contributed by atoms with Gasteiger partial charge in [-0.3, -0.25) is 0 Å². The Bertz CT molecular complexity index is 105. The standard InChI is InChI=1S/C5H7P/c1-2-6-5-3-4(1)5/h3-4,6H,1-2H2. The van der Waals surface area contributed by atoms with Gasteiger partial charge in [-0.25, -0.2) is 0 Å². The summed E-state index contributed by atoms with van der Waals surface area (Å²) < 4.78 is 0. The molecule has 1 saturated heterocycles. The van der Waals surface area contributed by atoms with Crippen molar-refractivity contribution >= 4 is 8.58 Å². The molecule has 2 unspecified atom stereocenters. The molecule has 2 rings (SSSR count). The summed E-state index contributed by atoms with van der Waals surface area (Å²) in [5.74, 6) is 1.02. The fourth-order valence-corrected chi connectivity index (χ4v) is 2.44. The smallest absolute Gasteiger partial charge is 0.00265 e. The maximum absolute atomic E-state index is 2.40. The van der Waals surface area contributed by atoms with Gasteiger partial charge in [0.2, 0.25) is 0 Å². The number of fused-ring (bicyclic) bond motifs is 1. The lowest BCUT2D eigenvalue weighted by atomic mass is 10.3. The van der Waals surface area contributed by atoms with Crippen LogP contribution in [0, 0.1) is 5.92 Å². The predicted octanol–water partition coefficient (Wildman–Crippen LogP) is 1.58. The molecule has 1 heteroatoms. The zero-order valence-corrected chi connectivity index (χ0v) is 4.57. The topological polar surface area (TPSA) is 0 Å². The first kappa shape index (κ1) is 3.21. The van der Waals surface area contributed by atoms with E-state index in [1.54, 1.807) is 5.31 Å². The van der Waals surface area contributed by atoms with Crippen molar-refractivity contribution < 1.29 is 0 Å². The lowest BCUT2D eigenvalue weighted by Gasteiger charge is -1.77. The molecule has 0 aromatic rings. The number of allylic oxidation sites excluding steroid dienone is 2. The van der Waals surface area contributed by atoms with Crippen molar-refractivity contribution in [2.75, 3.05) is 6.16 Å². The highest BCUT2D eigenvalue weighted by atomic mass is 31.1. The SMILES string of the molecule is C1=C2PCCC12. The van der Waals surface area contributed by atoms with Gasteiger partial charge in [-0.1, -0.05) is 14.7 Å². The number of rotatable bonds is 0. The van der Waals surface area contributed by atoms with Crippen molar-refractivity contribution in [2.45, 2.75) is 6.42 Å². The second-order valence-electron chi connectivity index (χ2n) is 1.94. The fourth-order valence-electron chi connectivity index (χ4n) is 0.969. The average molecular weight is 98.1 g/mol. The molecule has 1 aliphatic heterocycles. The van der Waals surface area contributed by atoms with E-state index >= 15 is 0 Å². The zero-order valence-electron chi connectivity index (χ0n) is 3.57. The molecule has 0 radical (unpaired) electrons. The Labute approximate surface area is 39.4 Å². The molecular formula is C5H7P. The van der Waals surface area contributed by atoms with Crippen molar-refractivity contribution in [3.63, 3.8) is 0 Å². The van der Waals surface area contributed by atoms with E-state index in [-0.39, 0.29) is 0 Å². The molecule has 2 aliphatic rings. The van der Waals surface area contributed by atoms with Gasteiger partial charge in [0.15, 0.2) is 0 Å². The van der Waals surface area contributed by atoms with Crippen molar-refractivity contribution in [2.24, 2.45) is 5.92 Å². The third-order valence-corrected chi connectivity index (χ3v) is 2.94. The number of hydrogen-bond acceptors (Lipinski definition) is 0. The minimum absolute atomic E-state index is 1.02. The molecule has 2 atom stereocenters. The van der Waals surface area contributed by atoms with E-state index < -0.39 is 0 Å². The average Bonchev–Trinajstić information content (AvgIpc) is 2.17. The monoisotopic (exact) mass is 98.0 g/mol. The summed E-state index contributed by atoms with van der Waals surface area (Å²) in [5.41, 5.74) is 0. The highest BCUT2D eigenvalue weighted by Crippen LogP contribution is 2.52. The summed E-state index contributed by atoms with van der Waals surface area (Å²) in [4.78, 5) is 0. The molecule has 1 aliphatic carbocycles. The van der Waals surface area contributed by atoms with Gasteiger partial charge in [0, 0.05) is 5.92 Å². The third-order valence-electron chi connectivity index (χ3n) is 1.46.